The topological polar surface area (TPSA) is 12.0 Å². The van der Waals surface area contributed by atoms with Gasteiger partial charge in [0.1, 0.15) is 0 Å². The first kappa shape index (κ1) is 14.9. The smallest absolute Gasteiger partial charge is 0.0438 e. The second-order valence-electron chi connectivity index (χ2n) is 5.66. The van der Waals surface area contributed by atoms with Crippen LogP contribution in [0, 0.1) is 12.8 Å². The highest BCUT2D eigenvalue weighted by atomic mass is 35.5. The third-order valence-corrected chi connectivity index (χ3v) is 3.97. The van der Waals surface area contributed by atoms with E-state index >= 15 is 0 Å². The Morgan fingerprint density at radius 1 is 1.00 bits per heavy atom. The molecular formula is C18H22ClN. The Bertz CT molecular complexity index is 546. The summed E-state index contributed by atoms with van der Waals surface area (Å²) in [7, 11) is 0. The summed E-state index contributed by atoms with van der Waals surface area (Å²) in [5.74, 6) is 0.535. The Hall–Kier alpha value is -1.47. The summed E-state index contributed by atoms with van der Waals surface area (Å²) in [6, 6.07) is 17.0. The van der Waals surface area contributed by atoms with Crippen LogP contribution in [0.4, 0.5) is 5.69 Å². The van der Waals surface area contributed by atoms with Gasteiger partial charge in [-0.15, -0.1) is 0 Å². The van der Waals surface area contributed by atoms with Crippen molar-refractivity contribution in [1.82, 2.24) is 0 Å². The van der Waals surface area contributed by atoms with Gasteiger partial charge in [0.05, 0.1) is 0 Å². The maximum absolute atomic E-state index is 6.27. The zero-order valence-electron chi connectivity index (χ0n) is 12.4. The first-order chi connectivity index (χ1) is 9.56. The van der Waals surface area contributed by atoms with Crippen molar-refractivity contribution in [2.75, 3.05) is 5.32 Å². The van der Waals surface area contributed by atoms with Crippen molar-refractivity contribution in [1.29, 1.82) is 0 Å². The molecule has 2 rings (SSSR count). The molecule has 2 aromatic carbocycles. The lowest BCUT2D eigenvalue weighted by molar-refractivity contribution is 0.521. The van der Waals surface area contributed by atoms with Gasteiger partial charge in [0.15, 0.2) is 0 Å². The van der Waals surface area contributed by atoms with Gasteiger partial charge in [0.2, 0.25) is 0 Å². The van der Waals surface area contributed by atoms with Crippen molar-refractivity contribution in [2.24, 2.45) is 5.92 Å². The quantitative estimate of drug-likeness (QED) is 0.784. The van der Waals surface area contributed by atoms with E-state index in [1.807, 2.05) is 18.2 Å². The van der Waals surface area contributed by atoms with Crippen molar-refractivity contribution in [2.45, 2.75) is 33.2 Å². The van der Waals surface area contributed by atoms with Gasteiger partial charge in [0, 0.05) is 16.8 Å². The predicted molar refractivity (Wildman–Crippen MR) is 88.6 cm³/mol. The molecule has 0 radical (unpaired) electrons. The van der Waals surface area contributed by atoms with Crippen LogP contribution in [0.15, 0.2) is 48.5 Å². The van der Waals surface area contributed by atoms with E-state index in [0.29, 0.717) is 12.0 Å². The lowest BCUT2D eigenvalue weighted by Gasteiger charge is -2.24. The summed E-state index contributed by atoms with van der Waals surface area (Å²) in [5, 5.41) is 4.47. The lowest BCUT2D eigenvalue weighted by atomic mass is 9.96. The predicted octanol–water partition coefficient (Wildman–Crippen LogP) is 5.33. The normalized spacial score (nSPS) is 12.4. The number of benzene rings is 2. The molecule has 20 heavy (non-hydrogen) atoms. The standard InChI is InChI=1S/C18H22ClN/c1-13(2)18(12-15-6-4-5-7-17(15)19)20-16-10-8-14(3)9-11-16/h4-11,13,18,20H,12H2,1-3H3/t18-/m0/s1. The average molecular weight is 288 g/mol. The van der Waals surface area contributed by atoms with Gasteiger partial charge in [-0.1, -0.05) is 61.3 Å². The molecule has 0 heterocycles. The number of halogens is 1. The molecule has 0 aromatic heterocycles. The lowest BCUT2D eigenvalue weighted by Crippen LogP contribution is -2.28. The Morgan fingerprint density at radius 2 is 1.65 bits per heavy atom. The Morgan fingerprint density at radius 3 is 2.25 bits per heavy atom. The highest BCUT2D eigenvalue weighted by molar-refractivity contribution is 6.31. The molecule has 0 aliphatic rings. The van der Waals surface area contributed by atoms with Crippen LogP contribution in [0.5, 0.6) is 0 Å². The fraction of sp³-hybridized carbons (Fsp3) is 0.333. The maximum atomic E-state index is 6.27. The fourth-order valence-corrected chi connectivity index (χ4v) is 2.43. The number of hydrogen-bond donors (Lipinski definition) is 1. The summed E-state index contributed by atoms with van der Waals surface area (Å²) in [4.78, 5) is 0. The van der Waals surface area contributed by atoms with Crippen LogP contribution in [0.3, 0.4) is 0 Å². The minimum Gasteiger partial charge on any atom is -0.382 e. The van der Waals surface area contributed by atoms with E-state index in [4.69, 9.17) is 11.6 Å². The SMILES string of the molecule is Cc1ccc(N[C@@H](Cc2ccccc2Cl)C(C)C)cc1. The molecule has 0 saturated heterocycles. The highest BCUT2D eigenvalue weighted by Gasteiger charge is 2.15. The number of anilines is 1. The Kier molecular flexibility index (Phi) is 5.08. The molecule has 2 heteroatoms. The van der Waals surface area contributed by atoms with Crippen molar-refractivity contribution in [3.8, 4) is 0 Å². The summed E-state index contributed by atoms with van der Waals surface area (Å²) in [5.41, 5.74) is 3.65. The number of aryl methyl sites for hydroxylation is 1. The largest absolute Gasteiger partial charge is 0.382 e. The molecule has 0 bridgehead atoms. The van der Waals surface area contributed by atoms with Crippen LogP contribution in [0.1, 0.15) is 25.0 Å². The van der Waals surface area contributed by atoms with E-state index in [1.165, 1.54) is 16.8 Å². The first-order valence-corrected chi connectivity index (χ1v) is 7.50. The van der Waals surface area contributed by atoms with Gasteiger partial charge in [-0.25, -0.2) is 0 Å². The van der Waals surface area contributed by atoms with Crippen molar-refractivity contribution in [3.63, 3.8) is 0 Å². The molecule has 0 aliphatic heterocycles. The second kappa shape index (κ2) is 6.81. The molecule has 0 aliphatic carbocycles. The van der Waals surface area contributed by atoms with Crippen LogP contribution in [0.2, 0.25) is 5.02 Å². The van der Waals surface area contributed by atoms with E-state index < -0.39 is 0 Å². The third-order valence-electron chi connectivity index (χ3n) is 3.61. The third kappa shape index (κ3) is 4.01. The molecule has 0 spiro atoms. The van der Waals surface area contributed by atoms with Gasteiger partial charge in [-0.3, -0.25) is 0 Å². The maximum Gasteiger partial charge on any atom is 0.0438 e. The molecule has 1 nitrogen and oxygen atoms in total. The first-order valence-electron chi connectivity index (χ1n) is 7.13. The van der Waals surface area contributed by atoms with Crippen LogP contribution in [-0.4, -0.2) is 6.04 Å². The van der Waals surface area contributed by atoms with Crippen LogP contribution in [-0.2, 0) is 6.42 Å². The van der Waals surface area contributed by atoms with Crippen molar-refractivity contribution < 1.29 is 0 Å². The number of hydrogen-bond acceptors (Lipinski definition) is 1. The van der Waals surface area contributed by atoms with E-state index in [1.54, 1.807) is 0 Å². The molecule has 1 atom stereocenters. The number of nitrogens with one attached hydrogen (secondary N) is 1. The van der Waals surface area contributed by atoms with Crippen molar-refractivity contribution >= 4 is 17.3 Å². The zero-order chi connectivity index (χ0) is 14.5. The highest BCUT2D eigenvalue weighted by Crippen LogP contribution is 2.21. The average Bonchev–Trinajstić information content (AvgIpc) is 2.42. The molecule has 106 valence electrons. The van der Waals surface area contributed by atoms with E-state index in [9.17, 15) is 0 Å². The van der Waals surface area contributed by atoms with Gasteiger partial charge in [0.25, 0.3) is 0 Å². The molecular weight excluding hydrogens is 266 g/mol. The molecule has 0 saturated carbocycles. The minimum atomic E-state index is 0.373. The van der Waals surface area contributed by atoms with Crippen molar-refractivity contribution in [3.05, 3.63) is 64.7 Å². The summed E-state index contributed by atoms with van der Waals surface area (Å²) in [6.07, 6.45) is 0.936. The molecule has 0 unspecified atom stereocenters. The van der Waals surface area contributed by atoms with Gasteiger partial charge in [-0.05, 0) is 43.0 Å². The minimum absolute atomic E-state index is 0.373. The van der Waals surface area contributed by atoms with E-state index in [0.717, 1.165) is 11.4 Å². The van der Waals surface area contributed by atoms with E-state index in [-0.39, 0.29) is 0 Å². The van der Waals surface area contributed by atoms with Gasteiger partial charge >= 0.3 is 0 Å². The van der Waals surface area contributed by atoms with Crippen LogP contribution in [0.25, 0.3) is 0 Å². The van der Waals surface area contributed by atoms with Gasteiger partial charge in [-0.2, -0.15) is 0 Å². The summed E-state index contributed by atoms with van der Waals surface area (Å²) in [6.45, 7) is 6.58. The second-order valence-corrected chi connectivity index (χ2v) is 6.06. The fourth-order valence-electron chi connectivity index (χ4n) is 2.22. The monoisotopic (exact) mass is 287 g/mol. The molecule has 2 aromatic rings. The molecule has 1 N–H and O–H groups in total. The molecule has 0 fully saturated rings. The van der Waals surface area contributed by atoms with Crippen LogP contribution < -0.4 is 5.32 Å². The zero-order valence-corrected chi connectivity index (χ0v) is 13.1. The summed E-state index contributed by atoms with van der Waals surface area (Å²) >= 11 is 6.27. The number of rotatable bonds is 5. The van der Waals surface area contributed by atoms with E-state index in [2.05, 4.69) is 56.4 Å². The Balaban J connectivity index is 2.11. The summed E-state index contributed by atoms with van der Waals surface area (Å²) < 4.78 is 0. The van der Waals surface area contributed by atoms with Crippen LogP contribution >= 0.6 is 11.6 Å². The molecule has 0 amide bonds. The Labute approximate surface area is 127 Å². The van der Waals surface area contributed by atoms with Gasteiger partial charge < -0.3 is 5.32 Å².